The molecule has 20 heavy (non-hydrogen) atoms. The summed E-state index contributed by atoms with van der Waals surface area (Å²) in [5.74, 6) is -1.14. The molecule has 7 nitrogen and oxygen atoms in total. The van der Waals surface area contributed by atoms with Gasteiger partial charge in [0.15, 0.2) is 0 Å². The van der Waals surface area contributed by atoms with Gasteiger partial charge in [0.1, 0.15) is 15.6 Å². The van der Waals surface area contributed by atoms with Crippen LogP contribution in [0.15, 0.2) is 15.3 Å². The van der Waals surface area contributed by atoms with E-state index in [0.717, 1.165) is 12.3 Å². The third-order valence-electron chi connectivity index (χ3n) is 2.88. The van der Waals surface area contributed by atoms with Crippen LogP contribution < -0.4 is 10.9 Å². The van der Waals surface area contributed by atoms with E-state index in [1.165, 1.54) is 0 Å². The lowest BCUT2D eigenvalue weighted by Gasteiger charge is -2.16. The predicted molar refractivity (Wildman–Crippen MR) is 69.2 cm³/mol. The molecule has 0 fully saturated rings. The van der Waals surface area contributed by atoms with Gasteiger partial charge in [0.05, 0.1) is 17.7 Å². The van der Waals surface area contributed by atoms with Gasteiger partial charge < -0.3 is 4.42 Å². The predicted octanol–water partition coefficient (Wildman–Crippen LogP) is -0.570. The largest absolute Gasteiger partial charge is 0.426 e. The van der Waals surface area contributed by atoms with Gasteiger partial charge in [-0.05, 0) is 18.4 Å². The summed E-state index contributed by atoms with van der Waals surface area (Å²) in [6, 6.07) is 1.16. The number of hydrogen-bond acceptors (Lipinski definition) is 6. The molecule has 2 amide bonds. The smallest absolute Gasteiger partial charge is 0.336 e. The molecule has 108 valence electrons. The van der Waals surface area contributed by atoms with Crippen LogP contribution in [0.5, 0.6) is 0 Å². The summed E-state index contributed by atoms with van der Waals surface area (Å²) in [7, 11) is -3.10. The highest BCUT2D eigenvalue weighted by Gasteiger charge is 2.27. The molecule has 8 heteroatoms. The van der Waals surface area contributed by atoms with Gasteiger partial charge in [-0.15, -0.1) is 0 Å². The molecular weight excluding hydrogens is 286 g/mol. The maximum absolute atomic E-state index is 11.8. The van der Waals surface area contributed by atoms with Gasteiger partial charge in [-0.2, -0.15) is 0 Å². The van der Waals surface area contributed by atoms with E-state index in [9.17, 15) is 22.8 Å². The fraction of sp³-hybridized carbons (Fsp3) is 0.417. The molecule has 0 spiro atoms. The fourth-order valence-electron chi connectivity index (χ4n) is 2.09. The zero-order chi connectivity index (χ0) is 14.9. The van der Waals surface area contributed by atoms with Crippen LogP contribution in [0.3, 0.4) is 0 Å². The number of imide groups is 1. The van der Waals surface area contributed by atoms with Gasteiger partial charge in [0, 0.05) is 12.3 Å². The van der Waals surface area contributed by atoms with E-state index in [2.05, 4.69) is 5.32 Å². The third-order valence-corrected chi connectivity index (χ3v) is 3.91. The second kappa shape index (κ2) is 5.20. The Balaban J connectivity index is 2.32. The average molecular weight is 299 g/mol. The van der Waals surface area contributed by atoms with Crippen molar-refractivity contribution in [3.05, 3.63) is 33.4 Å². The Morgan fingerprint density at radius 2 is 2.00 bits per heavy atom. The Kier molecular flexibility index (Phi) is 3.76. The molecule has 0 bridgehead atoms. The normalized spacial score (nSPS) is 14.8. The van der Waals surface area contributed by atoms with Crippen LogP contribution in [0.4, 0.5) is 0 Å². The molecule has 1 aliphatic rings. The maximum atomic E-state index is 11.8. The Morgan fingerprint density at radius 3 is 2.65 bits per heavy atom. The van der Waals surface area contributed by atoms with Gasteiger partial charge >= 0.3 is 5.63 Å². The van der Waals surface area contributed by atoms with Crippen LogP contribution in [0.2, 0.25) is 0 Å². The van der Waals surface area contributed by atoms with Crippen LogP contribution in [0, 0.1) is 0 Å². The summed E-state index contributed by atoms with van der Waals surface area (Å²) in [5.41, 5.74) is -0.0804. The highest BCUT2D eigenvalue weighted by Crippen LogP contribution is 2.18. The molecule has 1 aromatic heterocycles. The Labute approximate surface area is 114 Å². The van der Waals surface area contributed by atoms with Gasteiger partial charge in [-0.3, -0.25) is 14.9 Å². The highest BCUT2D eigenvalue weighted by molar-refractivity contribution is 7.90. The van der Waals surface area contributed by atoms with E-state index in [4.69, 9.17) is 4.42 Å². The first-order chi connectivity index (χ1) is 9.26. The molecule has 1 aliphatic heterocycles. The molecule has 0 aliphatic carbocycles. The van der Waals surface area contributed by atoms with Crippen molar-refractivity contribution in [2.24, 2.45) is 0 Å². The van der Waals surface area contributed by atoms with Gasteiger partial charge in [-0.1, -0.05) is 0 Å². The number of hydrogen-bond donors (Lipinski definition) is 1. The van der Waals surface area contributed by atoms with Crippen LogP contribution in [-0.2, 0) is 27.5 Å². The van der Waals surface area contributed by atoms with E-state index in [1.807, 2.05) is 0 Å². The molecule has 0 saturated heterocycles. The number of sulfone groups is 1. The van der Waals surface area contributed by atoms with Crippen molar-refractivity contribution in [2.45, 2.75) is 19.3 Å². The molecule has 2 heterocycles. The van der Waals surface area contributed by atoms with Gasteiger partial charge in [-0.25, -0.2) is 13.2 Å². The van der Waals surface area contributed by atoms with E-state index < -0.39 is 27.3 Å². The molecule has 0 atom stereocenters. The SMILES string of the molecule is CS(=O)(=O)CCCc1cc(=O)oc2c1C(=O)NC(=O)C2. The van der Waals surface area contributed by atoms with Crippen LogP contribution >= 0.6 is 0 Å². The lowest BCUT2D eigenvalue weighted by atomic mass is 9.99. The lowest BCUT2D eigenvalue weighted by molar-refractivity contribution is -0.120. The lowest BCUT2D eigenvalue weighted by Crippen LogP contribution is -2.38. The first-order valence-electron chi connectivity index (χ1n) is 5.94. The third kappa shape index (κ3) is 3.32. The quantitative estimate of drug-likeness (QED) is 0.745. The number of amides is 2. The summed E-state index contributed by atoms with van der Waals surface area (Å²) in [6.07, 6.45) is 1.49. The molecular formula is C12H13NO6S. The van der Waals surface area contributed by atoms with Crippen LogP contribution in [0.25, 0.3) is 0 Å². The number of carbonyl (C=O) groups is 2. The summed E-state index contributed by atoms with van der Waals surface area (Å²) >= 11 is 0. The zero-order valence-corrected chi connectivity index (χ0v) is 11.6. The first-order valence-corrected chi connectivity index (χ1v) is 8.00. The minimum absolute atomic E-state index is 0.0391. The summed E-state index contributed by atoms with van der Waals surface area (Å²) in [6.45, 7) is 0. The van der Waals surface area contributed by atoms with Crippen molar-refractivity contribution >= 4 is 21.7 Å². The van der Waals surface area contributed by atoms with Crippen molar-refractivity contribution in [1.29, 1.82) is 0 Å². The Bertz CT molecular complexity index is 731. The highest BCUT2D eigenvalue weighted by atomic mass is 32.2. The second-order valence-corrected chi connectivity index (χ2v) is 6.94. The molecule has 0 radical (unpaired) electrons. The van der Waals surface area contributed by atoms with Crippen molar-refractivity contribution < 1.29 is 22.4 Å². The molecule has 0 saturated carbocycles. The van der Waals surface area contributed by atoms with Crippen molar-refractivity contribution in [3.63, 3.8) is 0 Å². The van der Waals surface area contributed by atoms with Crippen LogP contribution in [-0.4, -0.2) is 32.2 Å². The maximum Gasteiger partial charge on any atom is 0.336 e. The fourth-order valence-corrected chi connectivity index (χ4v) is 2.76. The molecule has 1 aromatic rings. The second-order valence-electron chi connectivity index (χ2n) is 4.68. The first kappa shape index (κ1) is 14.4. The van der Waals surface area contributed by atoms with Crippen molar-refractivity contribution in [1.82, 2.24) is 5.32 Å². The average Bonchev–Trinajstić information content (AvgIpc) is 2.24. The summed E-state index contributed by atoms with van der Waals surface area (Å²) in [4.78, 5) is 34.4. The minimum atomic E-state index is -3.10. The Morgan fingerprint density at radius 1 is 1.30 bits per heavy atom. The zero-order valence-electron chi connectivity index (χ0n) is 10.8. The minimum Gasteiger partial charge on any atom is -0.426 e. The van der Waals surface area contributed by atoms with E-state index in [0.29, 0.717) is 5.56 Å². The summed E-state index contributed by atoms with van der Waals surface area (Å²) in [5, 5.41) is 2.14. The number of nitrogens with one attached hydrogen (secondary N) is 1. The van der Waals surface area contributed by atoms with Crippen molar-refractivity contribution in [3.8, 4) is 0 Å². The summed E-state index contributed by atoms with van der Waals surface area (Å²) < 4.78 is 27.0. The topological polar surface area (TPSA) is 111 Å². The number of fused-ring (bicyclic) bond motifs is 1. The number of aryl methyl sites for hydroxylation is 1. The van der Waals surface area contributed by atoms with Gasteiger partial charge in [0.25, 0.3) is 5.91 Å². The van der Waals surface area contributed by atoms with E-state index >= 15 is 0 Å². The molecule has 2 rings (SSSR count). The molecule has 1 N–H and O–H groups in total. The van der Waals surface area contributed by atoms with Gasteiger partial charge in [0.2, 0.25) is 5.91 Å². The number of rotatable bonds is 4. The van der Waals surface area contributed by atoms with Crippen LogP contribution in [0.1, 0.15) is 28.1 Å². The Hall–Kier alpha value is -1.96. The van der Waals surface area contributed by atoms with Crippen molar-refractivity contribution in [2.75, 3.05) is 12.0 Å². The molecule has 0 unspecified atom stereocenters. The monoisotopic (exact) mass is 299 g/mol. The number of carbonyl (C=O) groups excluding carboxylic acids is 2. The van der Waals surface area contributed by atoms with E-state index in [1.54, 1.807) is 0 Å². The van der Waals surface area contributed by atoms with E-state index in [-0.39, 0.29) is 36.3 Å². The standard InChI is InChI=1S/C12H13NO6S/c1-20(17,18)4-2-3-7-5-10(15)19-8-6-9(14)13-12(16)11(7)8/h5H,2-4,6H2,1H3,(H,13,14,16). The molecule has 0 aromatic carbocycles.